The van der Waals surface area contributed by atoms with Gasteiger partial charge in [-0.3, -0.25) is 13.7 Å². The average Bonchev–Trinajstić information content (AvgIpc) is 2.80. The molecule has 1 heterocycles. The van der Waals surface area contributed by atoms with Crippen molar-refractivity contribution in [3.8, 4) is 0 Å². The summed E-state index contributed by atoms with van der Waals surface area (Å²) in [5.41, 5.74) is 1.87. The zero-order valence-corrected chi connectivity index (χ0v) is 20.3. The van der Waals surface area contributed by atoms with Crippen LogP contribution in [0.2, 0.25) is 10.0 Å². The number of piperidine rings is 1. The highest BCUT2D eigenvalue weighted by atomic mass is 35.5. The highest BCUT2D eigenvalue weighted by molar-refractivity contribution is 7.80. The third-order valence-electron chi connectivity index (χ3n) is 5.61. The number of hydrogen-bond acceptors (Lipinski definition) is 3. The molecule has 0 bridgehead atoms. The van der Waals surface area contributed by atoms with Crippen LogP contribution in [0, 0.1) is 0 Å². The summed E-state index contributed by atoms with van der Waals surface area (Å²) in [6.45, 7) is 4.21. The molecule has 1 saturated heterocycles. The lowest BCUT2D eigenvalue weighted by atomic mass is 10.1. The number of halogens is 2. The first-order valence-corrected chi connectivity index (χ1v) is 12.7. The van der Waals surface area contributed by atoms with E-state index in [4.69, 9.17) is 23.2 Å². The fraction of sp³-hybridized carbons (Fsp3) is 0.435. The number of rotatable bonds is 10. The maximum Gasteiger partial charge on any atom is 0.261 e. The largest absolute Gasteiger partial charge is 0.352 e. The van der Waals surface area contributed by atoms with Crippen LogP contribution in [0.15, 0.2) is 42.5 Å². The van der Waals surface area contributed by atoms with Crippen LogP contribution >= 0.6 is 23.2 Å². The predicted molar refractivity (Wildman–Crippen MR) is 132 cm³/mol. The van der Waals surface area contributed by atoms with Gasteiger partial charge in [0, 0.05) is 18.7 Å². The quantitative estimate of drug-likeness (QED) is 0.365. The molecular weight excluding hydrogens is 469 g/mol. The van der Waals surface area contributed by atoms with Crippen LogP contribution in [0.4, 0.5) is 5.69 Å². The van der Waals surface area contributed by atoms with Crippen LogP contribution in [0.5, 0.6) is 0 Å². The van der Waals surface area contributed by atoms with E-state index in [0.717, 1.165) is 31.6 Å². The van der Waals surface area contributed by atoms with Crippen molar-refractivity contribution in [2.24, 2.45) is 0 Å². The number of carbonyl (C=O) groups is 1. The maximum absolute atomic E-state index is 12.4. The summed E-state index contributed by atoms with van der Waals surface area (Å²) >= 11 is 10.0. The molecule has 2 aromatic carbocycles. The number of nitrogens with one attached hydrogen (secondary N) is 1. The van der Waals surface area contributed by atoms with Gasteiger partial charge in [-0.25, -0.2) is 4.21 Å². The number of likely N-dealkylation sites (tertiary alicyclic amines) is 1. The van der Waals surface area contributed by atoms with Crippen molar-refractivity contribution in [3.05, 3.63) is 63.6 Å². The Morgan fingerprint density at radius 1 is 1.09 bits per heavy atom. The first-order valence-electron chi connectivity index (χ1n) is 10.9. The summed E-state index contributed by atoms with van der Waals surface area (Å²) in [4.78, 5) is 14.9. The second-order valence-electron chi connectivity index (χ2n) is 7.85. The molecule has 0 radical (unpaired) electrons. The van der Waals surface area contributed by atoms with Crippen molar-refractivity contribution < 1.29 is 13.6 Å². The molecule has 2 aromatic rings. The van der Waals surface area contributed by atoms with E-state index in [1.54, 1.807) is 36.4 Å². The molecule has 0 aliphatic carbocycles. The van der Waals surface area contributed by atoms with Crippen molar-refractivity contribution in [3.63, 3.8) is 0 Å². The summed E-state index contributed by atoms with van der Waals surface area (Å²) in [6.07, 6.45) is 5.22. The van der Waals surface area contributed by atoms with Gasteiger partial charge in [0.2, 0.25) is 0 Å². The Hall–Kier alpha value is -1.64. The molecule has 3 rings (SSSR count). The highest BCUT2D eigenvalue weighted by Gasteiger charge is 2.15. The van der Waals surface area contributed by atoms with E-state index in [1.165, 1.54) is 23.6 Å². The average molecular weight is 498 g/mol. The Bertz CT molecular complexity index is 921. The Kier molecular flexibility index (Phi) is 9.81. The number of carbonyl (C=O) groups excluding carboxylic acids is 1. The molecule has 1 amide bonds. The minimum atomic E-state index is -2.21. The van der Waals surface area contributed by atoms with Gasteiger partial charge < -0.3 is 10.2 Å². The van der Waals surface area contributed by atoms with Crippen molar-refractivity contribution in [1.29, 1.82) is 0 Å². The van der Waals surface area contributed by atoms with Gasteiger partial charge in [0.15, 0.2) is 0 Å². The molecule has 0 aromatic heterocycles. The maximum atomic E-state index is 12.4. The SMILES string of the molecule is O=C(NCCCN1CCCCC1)c1ccc(N(CCc2cccc(Cl)c2Cl)S(=O)O)cc1. The van der Waals surface area contributed by atoms with Gasteiger partial charge in [-0.15, -0.1) is 0 Å². The van der Waals surface area contributed by atoms with Gasteiger partial charge in [-0.2, -0.15) is 0 Å². The number of benzene rings is 2. The van der Waals surface area contributed by atoms with Gasteiger partial charge in [-0.05, 0) is 81.2 Å². The molecule has 1 aliphatic rings. The topological polar surface area (TPSA) is 72.9 Å². The molecule has 0 spiro atoms. The van der Waals surface area contributed by atoms with Crippen LogP contribution in [0.3, 0.4) is 0 Å². The molecule has 32 heavy (non-hydrogen) atoms. The lowest BCUT2D eigenvalue weighted by molar-refractivity contribution is 0.0951. The van der Waals surface area contributed by atoms with E-state index < -0.39 is 11.3 Å². The van der Waals surface area contributed by atoms with Crippen molar-refractivity contribution in [2.75, 3.05) is 37.0 Å². The fourth-order valence-electron chi connectivity index (χ4n) is 3.83. The third kappa shape index (κ3) is 7.18. The number of anilines is 1. The van der Waals surface area contributed by atoms with E-state index >= 15 is 0 Å². The van der Waals surface area contributed by atoms with Crippen molar-refractivity contribution >= 4 is 46.1 Å². The molecule has 1 unspecified atom stereocenters. The summed E-state index contributed by atoms with van der Waals surface area (Å²) in [5.74, 6) is -0.141. The Labute approximate surface area is 202 Å². The smallest absolute Gasteiger partial charge is 0.261 e. The first kappa shape index (κ1) is 25.0. The number of nitrogens with zero attached hydrogens (tertiary/aromatic N) is 2. The third-order valence-corrected chi connectivity index (χ3v) is 7.24. The molecule has 1 aliphatic heterocycles. The van der Waals surface area contributed by atoms with E-state index in [2.05, 4.69) is 10.2 Å². The van der Waals surface area contributed by atoms with Crippen LogP contribution in [-0.2, 0) is 17.7 Å². The van der Waals surface area contributed by atoms with E-state index in [0.29, 0.717) is 34.3 Å². The summed E-state index contributed by atoms with van der Waals surface area (Å²) in [7, 11) is 0. The monoisotopic (exact) mass is 497 g/mol. The van der Waals surface area contributed by atoms with Gasteiger partial charge in [0.1, 0.15) is 0 Å². The molecule has 1 atom stereocenters. The molecule has 174 valence electrons. The summed E-state index contributed by atoms with van der Waals surface area (Å²) in [6, 6.07) is 12.0. The van der Waals surface area contributed by atoms with E-state index in [9.17, 15) is 13.6 Å². The van der Waals surface area contributed by atoms with E-state index in [-0.39, 0.29) is 12.5 Å². The molecule has 6 nitrogen and oxygen atoms in total. The minimum Gasteiger partial charge on any atom is -0.352 e. The zero-order chi connectivity index (χ0) is 22.9. The Morgan fingerprint density at radius 3 is 2.50 bits per heavy atom. The summed E-state index contributed by atoms with van der Waals surface area (Å²) < 4.78 is 23.0. The molecular formula is C23H29Cl2N3O3S. The van der Waals surface area contributed by atoms with Crippen LogP contribution in [-0.4, -0.2) is 52.3 Å². The van der Waals surface area contributed by atoms with Crippen molar-refractivity contribution in [2.45, 2.75) is 32.1 Å². The summed E-state index contributed by atoms with van der Waals surface area (Å²) in [5, 5.41) is 3.85. The Morgan fingerprint density at radius 2 is 1.81 bits per heavy atom. The molecule has 9 heteroatoms. The highest BCUT2D eigenvalue weighted by Crippen LogP contribution is 2.26. The van der Waals surface area contributed by atoms with Crippen molar-refractivity contribution in [1.82, 2.24) is 10.2 Å². The lowest BCUT2D eigenvalue weighted by Crippen LogP contribution is -2.33. The predicted octanol–water partition coefficient (Wildman–Crippen LogP) is 4.79. The van der Waals surface area contributed by atoms with E-state index in [1.807, 2.05) is 6.07 Å². The van der Waals surface area contributed by atoms with Gasteiger partial charge in [-0.1, -0.05) is 41.8 Å². The second kappa shape index (κ2) is 12.6. The molecule has 2 N–H and O–H groups in total. The standard InChI is InChI=1S/C23H29Cl2N3O3S/c24-21-7-4-6-18(22(21)25)12-17-28(32(30)31)20-10-8-19(9-11-20)23(29)26-13-5-16-27-14-2-1-3-15-27/h4,6-11H,1-3,5,12-17H2,(H,26,29)(H,30,31). The lowest BCUT2D eigenvalue weighted by Gasteiger charge is -2.26. The van der Waals surface area contributed by atoms with Crippen LogP contribution in [0.25, 0.3) is 0 Å². The Balaban J connectivity index is 1.51. The molecule has 0 saturated carbocycles. The van der Waals surface area contributed by atoms with Crippen LogP contribution < -0.4 is 9.62 Å². The van der Waals surface area contributed by atoms with Gasteiger partial charge >= 0.3 is 0 Å². The molecule has 1 fully saturated rings. The first-order chi connectivity index (χ1) is 15.5. The van der Waals surface area contributed by atoms with Gasteiger partial charge in [0.05, 0.1) is 15.7 Å². The van der Waals surface area contributed by atoms with Crippen LogP contribution in [0.1, 0.15) is 41.6 Å². The normalized spacial score (nSPS) is 15.3. The second-order valence-corrected chi connectivity index (χ2v) is 9.54. The number of amides is 1. The minimum absolute atomic E-state index is 0.141. The number of hydrogen-bond donors (Lipinski definition) is 2. The van der Waals surface area contributed by atoms with Gasteiger partial charge in [0.25, 0.3) is 17.2 Å². The fourth-order valence-corrected chi connectivity index (χ4v) is 4.79. The zero-order valence-electron chi connectivity index (χ0n) is 17.9.